The summed E-state index contributed by atoms with van der Waals surface area (Å²) < 4.78 is 0. The summed E-state index contributed by atoms with van der Waals surface area (Å²) >= 11 is 0. The zero-order valence-electron chi connectivity index (χ0n) is 25.1. The van der Waals surface area contributed by atoms with E-state index in [1.54, 1.807) is 80.0 Å². The minimum atomic E-state index is -1.41. The normalized spacial score (nSPS) is 11.4. The summed E-state index contributed by atoms with van der Waals surface area (Å²) in [7, 11) is 0. The van der Waals surface area contributed by atoms with Gasteiger partial charge in [-0.1, -0.05) is 66.7 Å². The van der Waals surface area contributed by atoms with Gasteiger partial charge in [0.2, 0.25) is 17.8 Å². The Morgan fingerprint density at radius 1 is 0.660 bits per heavy atom. The SMILES string of the molecule is Cc1nc(NC(=O)Cc2ccc(Cc3nc(NC(=O)C(O)c4ccccc4)nc(-c4ccccn4)n3)cc2)nc(-c2ccccn2)n1. The standard InChI is InChI=1S/C34H28N10O3/c1-21-37-30(25-11-5-7-17-35-25)42-33(38-21)41-28(45)20-23-15-13-22(14-16-23)19-27-39-31(26-12-6-8-18-36-26)43-34(40-27)44-32(47)29(46)24-9-3-2-4-10-24/h2-18,29,46H,19-20H2,1H3,(H,37,38,41,42,45)(H,39,40,43,44,47). The second kappa shape index (κ2) is 14.2. The third-order valence-corrected chi connectivity index (χ3v) is 6.82. The Hall–Kier alpha value is -6.34. The average molecular weight is 625 g/mol. The molecule has 1 unspecified atom stereocenters. The second-order valence-electron chi connectivity index (χ2n) is 10.4. The Labute approximate surface area is 269 Å². The predicted octanol–water partition coefficient (Wildman–Crippen LogP) is 3.93. The van der Waals surface area contributed by atoms with Gasteiger partial charge < -0.3 is 5.11 Å². The fraction of sp³-hybridized carbons (Fsp3) is 0.118. The van der Waals surface area contributed by atoms with E-state index in [4.69, 9.17) is 0 Å². The number of nitrogens with zero attached hydrogens (tertiary/aromatic N) is 8. The Morgan fingerprint density at radius 3 is 1.89 bits per heavy atom. The molecule has 4 heterocycles. The van der Waals surface area contributed by atoms with Crippen molar-refractivity contribution in [2.75, 3.05) is 10.6 Å². The first-order valence-corrected chi connectivity index (χ1v) is 14.6. The lowest BCUT2D eigenvalue weighted by Gasteiger charge is -2.12. The summed E-state index contributed by atoms with van der Waals surface area (Å²) in [4.78, 5) is 60.6. The van der Waals surface area contributed by atoms with Crippen molar-refractivity contribution in [3.05, 3.63) is 132 Å². The van der Waals surface area contributed by atoms with Gasteiger partial charge in [0.25, 0.3) is 5.91 Å². The van der Waals surface area contributed by atoms with Crippen LogP contribution >= 0.6 is 0 Å². The molecule has 6 rings (SSSR count). The van der Waals surface area contributed by atoms with Crippen LogP contribution in [0.2, 0.25) is 0 Å². The monoisotopic (exact) mass is 624 g/mol. The number of aromatic nitrogens is 8. The first kappa shape index (κ1) is 30.7. The van der Waals surface area contributed by atoms with Gasteiger partial charge >= 0.3 is 0 Å². The lowest BCUT2D eigenvalue weighted by molar-refractivity contribution is -0.124. The van der Waals surface area contributed by atoms with Crippen LogP contribution in [0.4, 0.5) is 11.9 Å². The zero-order chi connectivity index (χ0) is 32.6. The summed E-state index contributed by atoms with van der Waals surface area (Å²) in [6.07, 6.45) is 2.26. The van der Waals surface area contributed by atoms with Gasteiger partial charge in [0, 0.05) is 18.8 Å². The molecule has 0 saturated carbocycles. The highest BCUT2D eigenvalue weighted by atomic mass is 16.3. The molecule has 0 saturated heterocycles. The Morgan fingerprint density at radius 2 is 1.26 bits per heavy atom. The van der Waals surface area contributed by atoms with Crippen LogP contribution < -0.4 is 10.6 Å². The second-order valence-corrected chi connectivity index (χ2v) is 10.4. The number of rotatable bonds is 10. The molecule has 2 aromatic carbocycles. The maximum atomic E-state index is 12.8. The summed E-state index contributed by atoms with van der Waals surface area (Å²) in [6, 6.07) is 26.7. The molecule has 0 aliphatic carbocycles. The average Bonchev–Trinajstić information content (AvgIpc) is 3.09. The van der Waals surface area contributed by atoms with E-state index in [1.165, 1.54) is 0 Å². The van der Waals surface area contributed by atoms with E-state index in [9.17, 15) is 14.7 Å². The highest BCUT2D eigenvalue weighted by Gasteiger charge is 2.20. The van der Waals surface area contributed by atoms with E-state index in [-0.39, 0.29) is 30.0 Å². The molecule has 13 nitrogen and oxygen atoms in total. The van der Waals surface area contributed by atoms with Crippen LogP contribution in [0.3, 0.4) is 0 Å². The van der Waals surface area contributed by atoms with Gasteiger partial charge in [-0.05, 0) is 47.9 Å². The molecule has 0 spiro atoms. The molecule has 4 aromatic heterocycles. The van der Waals surface area contributed by atoms with Crippen molar-refractivity contribution in [1.29, 1.82) is 0 Å². The molecule has 1 atom stereocenters. The molecular formula is C34H28N10O3. The van der Waals surface area contributed by atoms with E-state index in [2.05, 4.69) is 50.5 Å². The van der Waals surface area contributed by atoms with Gasteiger partial charge in [0.05, 0.1) is 6.42 Å². The van der Waals surface area contributed by atoms with Crippen LogP contribution in [0.25, 0.3) is 23.0 Å². The smallest absolute Gasteiger partial charge is 0.260 e. The van der Waals surface area contributed by atoms with Crippen LogP contribution in [0, 0.1) is 6.92 Å². The highest BCUT2D eigenvalue weighted by Crippen LogP contribution is 2.19. The molecule has 0 aliphatic heterocycles. The summed E-state index contributed by atoms with van der Waals surface area (Å²) in [5.41, 5.74) is 3.15. The number of carbonyl (C=O) groups excluding carboxylic acids is 2. The van der Waals surface area contributed by atoms with Crippen LogP contribution in [-0.4, -0.2) is 56.8 Å². The van der Waals surface area contributed by atoms with Gasteiger partial charge in [-0.2, -0.15) is 19.9 Å². The minimum Gasteiger partial charge on any atom is -0.378 e. The lowest BCUT2D eigenvalue weighted by Crippen LogP contribution is -2.23. The lowest BCUT2D eigenvalue weighted by atomic mass is 10.1. The Balaban J connectivity index is 1.15. The van der Waals surface area contributed by atoms with E-state index in [1.807, 2.05) is 30.3 Å². The van der Waals surface area contributed by atoms with Crippen molar-refractivity contribution < 1.29 is 14.7 Å². The fourth-order valence-electron chi connectivity index (χ4n) is 4.59. The van der Waals surface area contributed by atoms with Crippen LogP contribution in [0.15, 0.2) is 103 Å². The predicted molar refractivity (Wildman–Crippen MR) is 172 cm³/mol. The summed E-state index contributed by atoms with van der Waals surface area (Å²) in [5, 5.41) is 15.9. The number of anilines is 2. The van der Waals surface area contributed by atoms with Crippen molar-refractivity contribution in [3.63, 3.8) is 0 Å². The molecule has 232 valence electrons. The number of carbonyl (C=O) groups is 2. The van der Waals surface area contributed by atoms with Gasteiger partial charge in [0.1, 0.15) is 23.0 Å². The third kappa shape index (κ3) is 8.04. The summed E-state index contributed by atoms with van der Waals surface area (Å²) in [5.74, 6) is 0.658. The number of hydrogen-bond donors (Lipinski definition) is 3. The number of amides is 2. The third-order valence-electron chi connectivity index (χ3n) is 6.82. The van der Waals surface area contributed by atoms with E-state index < -0.39 is 12.0 Å². The molecule has 0 fully saturated rings. The fourth-order valence-corrected chi connectivity index (χ4v) is 4.59. The first-order valence-electron chi connectivity index (χ1n) is 14.6. The van der Waals surface area contributed by atoms with Crippen LogP contribution in [0.5, 0.6) is 0 Å². The molecule has 13 heteroatoms. The maximum Gasteiger partial charge on any atom is 0.260 e. The highest BCUT2D eigenvalue weighted by molar-refractivity contribution is 5.93. The molecule has 47 heavy (non-hydrogen) atoms. The number of aliphatic hydroxyl groups excluding tert-OH is 1. The molecule has 0 aliphatic rings. The van der Waals surface area contributed by atoms with E-state index in [0.717, 1.165) is 11.1 Å². The van der Waals surface area contributed by atoms with Crippen LogP contribution in [0.1, 0.15) is 34.4 Å². The first-order chi connectivity index (χ1) is 22.9. The van der Waals surface area contributed by atoms with Crippen molar-refractivity contribution in [3.8, 4) is 23.0 Å². The molecule has 0 bridgehead atoms. The van der Waals surface area contributed by atoms with E-state index >= 15 is 0 Å². The van der Waals surface area contributed by atoms with Crippen molar-refractivity contribution in [1.82, 2.24) is 39.9 Å². The molecular weight excluding hydrogens is 596 g/mol. The number of benzene rings is 2. The van der Waals surface area contributed by atoms with Crippen molar-refractivity contribution in [2.45, 2.75) is 25.9 Å². The molecule has 0 radical (unpaired) electrons. The maximum absolute atomic E-state index is 12.8. The summed E-state index contributed by atoms with van der Waals surface area (Å²) in [6.45, 7) is 1.72. The minimum absolute atomic E-state index is 0.0105. The van der Waals surface area contributed by atoms with Crippen LogP contribution in [-0.2, 0) is 22.4 Å². The zero-order valence-corrected chi connectivity index (χ0v) is 25.1. The van der Waals surface area contributed by atoms with Gasteiger partial charge in [-0.3, -0.25) is 30.2 Å². The van der Waals surface area contributed by atoms with Gasteiger partial charge in [0.15, 0.2) is 17.8 Å². The van der Waals surface area contributed by atoms with Crippen molar-refractivity contribution >= 4 is 23.7 Å². The van der Waals surface area contributed by atoms with Crippen molar-refractivity contribution in [2.24, 2.45) is 0 Å². The van der Waals surface area contributed by atoms with Gasteiger partial charge in [-0.25, -0.2) is 9.97 Å². The number of nitrogens with one attached hydrogen (secondary N) is 2. The number of hydrogen-bond acceptors (Lipinski definition) is 11. The largest absolute Gasteiger partial charge is 0.378 e. The number of aryl methyl sites for hydroxylation is 1. The Kier molecular flexibility index (Phi) is 9.25. The van der Waals surface area contributed by atoms with Gasteiger partial charge in [-0.15, -0.1) is 0 Å². The number of pyridine rings is 2. The number of aliphatic hydroxyl groups is 1. The molecule has 6 aromatic rings. The van der Waals surface area contributed by atoms with E-state index in [0.29, 0.717) is 40.8 Å². The quantitative estimate of drug-likeness (QED) is 0.201. The Bertz CT molecular complexity index is 2000. The topological polar surface area (TPSA) is 182 Å². The molecule has 2 amide bonds. The molecule has 3 N–H and O–H groups in total.